The summed E-state index contributed by atoms with van der Waals surface area (Å²) in [5.74, 6) is 0.0412. The third kappa shape index (κ3) is 4.51. The van der Waals surface area contributed by atoms with Gasteiger partial charge in [-0.05, 0) is 49.6 Å². The van der Waals surface area contributed by atoms with Crippen molar-refractivity contribution in [1.82, 2.24) is 14.9 Å². The molecule has 0 unspecified atom stereocenters. The monoisotopic (exact) mass is 390 g/mol. The summed E-state index contributed by atoms with van der Waals surface area (Å²) in [4.78, 5) is 35.1. The van der Waals surface area contributed by atoms with Crippen molar-refractivity contribution in [2.75, 3.05) is 25.0 Å². The minimum atomic E-state index is -0.324. The Bertz CT molecular complexity index is 1030. The topological polar surface area (TPSA) is 84.4 Å². The van der Waals surface area contributed by atoms with E-state index in [1.165, 1.54) is 12.7 Å². The number of amides is 2. The fourth-order valence-electron chi connectivity index (χ4n) is 3.44. The van der Waals surface area contributed by atoms with Gasteiger partial charge in [0.25, 0.3) is 11.8 Å². The van der Waals surface area contributed by atoms with Crippen molar-refractivity contribution in [2.45, 2.75) is 19.3 Å². The summed E-state index contributed by atoms with van der Waals surface area (Å²) in [5.41, 5.74) is 1.89. The lowest BCUT2D eigenvalue weighted by molar-refractivity contribution is -0.118. The molecule has 148 valence electrons. The number of nitrogens with one attached hydrogen (secondary N) is 1. The smallest absolute Gasteiger partial charge is 0.262 e. The Hall–Kier alpha value is -3.48. The van der Waals surface area contributed by atoms with Crippen molar-refractivity contribution < 1.29 is 14.3 Å². The highest BCUT2D eigenvalue weighted by Gasteiger charge is 2.18. The Morgan fingerprint density at radius 3 is 2.69 bits per heavy atom. The number of hydrogen-bond acceptors (Lipinski definition) is 5. The summed E-state index contributed by atoms with van der Waals surface area (Å²) < 4.78 is 5.59. The molecule has 2 amide bonds. The second kappa shape index (κ2) is 8.68. The molecule has 1 aliphatic rings. The number of para-hydroxylation sites is 1. The van der Waals surface area contributed by atoms with Crippen LogP contribution in [0, 0.1) is 0 Å². The van der Waals surface area contributed by atoms with Gasteiger partial charge < -0.3 is 15.0 Å². The van der Waals surface area contributed by atoms with Crippen LogP contribution in [-0.2, 0) is 4.79 Å². The number of fused-ring (bicyclic) bond motifs is 1. The van der Waals surface area contributed by atoms with Gasteiger partial charge >= 0.3 is 0 Å². The van der Waals surface area contributed by atoms with E-state index in [9.17, 15) is 9.59 Å². The van der Waals surface area contributed by atoms with Crippen molar-refractivity contribution in [1.29, 1.82) is 0 Å². The van der Waals surface area contributed by atoms with E-state index in [2.05, 4.69) is 15.3 Å². The predicted molar refractivity (Wildman–Crippen MR) is 110 cm³/mol. The van der Waals surface area contributed by atoms with Gasteiger partial charge in [0.1, 0.15) is 6.33 Å². The summed E-state index contributed by atoms with van der Waals surface area (Å²) in [6, 6.07) is 14.4. The first kappa shape index (κ1) is 18.9. The highest BCUT2D eigenvalue weighted by molar-refractivity contribution is 5.97. The number of aromatic nitrogens is 2. The van der Waals surface area contributed by atoms with Crippen LogP contribution in [0.4, 0.5) is 5.69 Å². The maximum atomic E-state index is 12.6. The third-order valence-corrected chi connectivity index (χ3v) is 4.88. The van der Waals surface area contributed by atoms with E-state index in [0.717, 1.165) is 36.8 Å². The van der Waals surface area contributed by atoms with Gasteiger partial charge in [0.05, 0.1) is 10.9 Å². The second-order valence-electron chi connectivity index (χ2n) is 6.97. The molecular formula is C22H22N4O3. The molecule has 29 heavy (non-hydrogen) atoms. The van der Waals surface area contributed by atoms with Crippen LogP contribution in [0.25, 0.3) is 10.9 Å². The third-order valence-electron chi connectivity index (χ3n) is 4.88. The average Bonchev–Trinajstić information content (AvgIpc) is 2.78. The molecule has 1 saturated heterocycles. The standard InChI is InChI=1S/C22H22N4O3/c27-20(14-29-21-18-9-2-3-10-19(18)23-15-24-21)25-17-8-6-7-16(13-17)22(28)26-11-4-1-5-12-26/h2-3,6-10,13,15H,1,4-5,11-12,14H2,(H,25,27). The van der Waals surface area contributed by atoms with Gasteiger partial charge in [-0.15, -0.1) is 0 Å². The molecule has 4 rings (SSSR count). The fourth-order valence-corrected chi connectivity index (χ4v) is 3.44. The molecule has 2 heterocycles. The quantitative estimate of drug-likeness (QED) is 0.723. The zero-order valence-electron chi connectivity index (χ0n) is 16.0. The van der Waals surface area contributed by atoms with Gasteiger partial charge in [-0.3, -0.25) is 9.59 Å². The number of carbonyl (C=O) groups excluding carboxylic acids is 2. The highest BCUT2D eigenvalue weighted by atomic mass is 16.5. The molecular weight excluding hydrogens is 368 g/mol. The van der Waals surface area contributed by atoms with Crippen molar-refractivity contribution in [3.05, 3.63) is 60.4 Å². The Labute approximate surface area is 168 Å². The normalized spacial score (nSPS) is 13.9. The summed E-state index contributed by atoms with van der Waals surface area (Å²) in [6.07, 6.45) is 4.65. The van der Waals surface area contributed by atoms with E-state index >= 15 is 0 Å². The summed E-state index contributed by atoms with van der Waals surface area (Å²) in [5, 5.41) is 3.53. The first-order valence-electron chi connectivity index (χ1n) is 9.72. The van der Waals surface area contributed by atoms with Crippen molar-refractivity contribution in [2.24, 2.45) is 0 Å². The maximum Gasteiger partial charge on any atom is 0.262 e. The first-order chi connectivity index (χ1) is 14.2. The van der Waals surface area contributed by atoms with E-state index < -0.39 is 0 Å². The zero-order chi connectivity index (χ0) is 20.1. The number of anilines is 1. The van der Waals surface area contributed by atoms with Gasteiger partial charge in [-0.2, -0.15) is 0 Å². The van der Waals surface area contributed by atoms with Crippen LogP contribution in [0.3, 0.4) is 0 Å². The van der Waals surface area contributed by atoms with Crippen molar-refractivity contribution in [3.8, 4) is 5.88 Å². The molecule has 1 fully saturated rings. The Morgan fingerprint density at radius 1 is 1.00 bits per heavy atom. The molecule has 0 radical (unpaired) electrons. The van der Waals surface area contributed by atoms with E-state index in [1.807, 2.05) is 29.2 Å². The molecule has 7 heteroatoms. The first-order valence-corrected chi connectivity index (χ1v) is 9.72. The number of hydrogen-bond donors (Lipinski definition) is 1. The van der Waals surface area contributed by atoms with Gasteiger partial charge in [-0.1, -0.05) is 18.2 Å². The molecule has 0 atom stereocenters. The van der Waals surface area contributed by atoms with Crippen LogP contribution in [-0.4, -0.2) is 46.4 Å². The predicted octanol–water partition coefficient (Wildman–Crippen LogP) is 3.27. The molecule has 1 aliphatic heterocycles. The summed E-state index contributed by atoms with van der Waals surface area (Å²) >= 11 is 0. The fraction of sp³-hybridized carbons (Fsp3) is 0.273. The lowest BCUT2D eigenvalue weighted by Gasteiger charge is -2.26. The minimum Gasteiger partial charge on any atom is -0.467 e. The maximum absolute atomic E-state index is 12.6. The number of piperidine rings is 1. The molecule has 7 nitrogen and oxygen atoms in total. The minimum absolute atomic E-state index is 0.00417. The molecule has 3 aromatic rings. The van der Waals surface area contributed by atoms with E-state index in [0.29, 0.717) is 17.1 Å². The molecule has 1 N–H and O–H groups in total. The number of carbonyl (C=O) groups is 2. The Kier molecular flexibility index (Phi) is 5.65. The molecule has 0 bridgehead atoms. The SMILES string of the molecule is O=C(COc1ncnc2ccccc12)Nc1cccc(C(=O)N2CCCCC2)c1. The average molecular weight is 390 g/mol. The van der Waals surface area contributed by atoms with Crippen molar-refractivity contribution in [3.63, 3.8) is 0 Å². The van der Waals surface area contributed by atoms with Crippen LogP contribution in [0.2, 0.25) is 0 Å². The molecule has 1 aromatic heterocycles. The van der Waals surface area contributed by atoms with E-state index in [-0.39, 0.29) is 18.4 Å². The van der Waals surface area contributed by atoms with Crippen molar-refractivity contribution >= 4 is 28.4 Å². The second-order valence-corrected chi connectivity index (χ2v) is 6.97. The van der Waals surface area contributed by atoms with E-state index in [1.54, 1.807) is 24.3 Å². The Morgan fingerprint density at radius 2 is 1.83 bits per heavy atom. The molecule has 2 aromatic carbocycles. The number of rotatable bonds is 5. The van der Waals surface area contributed by atoms with Gasteiger partial charge in [0.2, 0.25) is 5.88 Å². The number of ether oxygens (including phenoxy) is 1. The number of benzene rings is 2. The molecule has 0 aliphatic carbocycles. The van der Waals surface area contributed by atoms with Crippen LogP contribution < -0.4 is 10.1 Å². The summed E-state index contributed by atoms with van der Waals surface area (Å²) in [6.45, 7) is 1.39. The van der Waals surface area contributed by atoms with Crippen LogP contribution in [0.5, 0.6) is 5.88 Å². The van der Waals surface area contributed by atoms with Gasteiger partial charge in [0.15, 0.2) is 6.61 Å². The number of nitrogens with zero attached hydrogens (tertiary/aromatic N) is 3. The Balaban J connectivity index is 1.39. The van der Waals surface area contributed by atoms with Crippen LogP contribution >= 0.6 is 0 Å². The lowest BCUT2D eigenvalue weighted by Crippen LogP contribution is -2.35. The molecule has 0 spiro atoms. The zero-order valence-corrected chi connectivity index (χ0v) is 16.0. The highest BCUT2D eigenvalue weighted by Crippen LogP contribution is 2.21. The van der Waals surface area contributed by atoms with Gasteiger partial charge in [0, 0.05) is 24.3 Å². The summed E-state index contributed by atoms with van der Waals surface area (Å²) in [7, 11) is 0. The lowest BCUT2D eigenvalue weighted by atomic mass is 10.1. The van der Waals surface area contributed by atoms with Gasteiger partial charge in [-0.25, -0.2) is 9.97 Å². The largest absolute Gasteiger partial charge is 0.467 e. The van der Waals surface area contributed by atoms with Crippen LogP contribution in [0.15, 0.2) is 54.9 Å². The van der Waals surface area contributed by atoms with E-state index in [4.69, 9.17) is 4.74 Å². The molecule has 0 saturated carbocycles. The van der Waals surface area contributed by atoms with Crippen LogP contribution in [0.1, 0.15) is 29.6 Å². The number of likely N-dealkylation sites (tertiary alicyclic amines) is 1.